The first-order valence-electron chi connectivity index (χ1n) is 9.12. The Bertz CT molecular complexity index is 944. The molecule has 1 aliphatic heterocycles. The third kappa shape index (κ3) is 3.65. The van der Waals surface area contributed by atoms with Gasteiger partial charge in [-0.15, -0.1) is 11.8 Å². The zero-order valence-electron chi connectivity index (χ0n) is 15.2. The average Bonchev–Trinajstić information content (AvgIpc) is 3.17. The van der Waals surface area contributed by atoms with Gasteiger partial charge in [0.25, 0.3) is 5.91 Å². The van der Waals surface area contributed by atoms with Gasteiger partial charge >= 0.3 is 0 Å². The molecule has 0 unspecified atom stereocenters. The van der Waals surface area contributed by atoms with Crippen molar-refractivity contribution in [3.8, 4) is 0 Å². The van der Waals surface area contributed by atoms with Crippen molar-refractivity contribution in [3.63, 3.8) is 0 Å². The number of carbonyl (C=O) groups is 2. The second-order valence-corrected chi connectivity index (χ2v) is 7.71. The van der Waals surface area contributed by atoms with Crippen LogP contribution in [0, 0.1) is 5.92 Å². The van der Waals surface area contributed by atoms with Gasteiger partial charge in [0.2, 0.25) is 0 Å². The normalized spacial score (nSPS) is 17.2. The largest absolute Gasteiger partial charge is 0.451 e. The number of rotatable bonds is 4. The topological polar surface area (TPSA) is 50.5 Å². The maximum atomic E-state index is 12.9. The first-order valence-corrected chi connectivity index (χ1v) is 10.3. The molecular formula is C22H21NO3S. The van der Waals surface area contributed by atoms with Crippen LogP contribution in [0.1, 0.15) is 33.8 Å². The van der Waals surface area contributed by atoms with Crippen molar-refractivity contribution >= 4 is 34.4 Å². The summed E-state index contributed by atoms with van der Waals surface area (Å²) in [4.78, 5) is 28.6. The Kier molecular flexibility index (Phi) is 5.03. The first-order chi connectivity index (χ1) is 13.2. The highest BCUT2D eigenvalue weighted by Gasteiger charge is 2.30. The number of hydrogen-bond donors (Lipinski definition) is 0. The summed E-state index contributed by atoms with van der Waals surface area (Å²) in [6.07, 6.45) is 3.65. The van der Waals surface area contributed by atoms with Gasteiger partial charge in [-0.2, -0.15) is 0 Å². The van der Waals surface area contributed by atoms with E-state index >= 15 is 0 Å². The Morgan fingerprint density at radius 1 is 1.11 bits per heavy atom. The van der Waals surface area contributed by atoms with Gasteiger partial charge < -0.3 is 9.32 Å². The van der Waals surface area contributed by atoms with Gasteiger partial charge in [-0.1, -0.05) is 30.3 Å². The molecule has 1 aromatic heterocycles. The third-order valence-electron chi connectivity index (χ3n) is 5.09. The fourth-order valence-electron chi connectivity index (χ4n) is 3.61. The molecule has 0 bridgehead atoms. The molecule has 0 aliphatic carbocycles. The fraction of sp³-hybridized carbons (Fsp3) is 0.273. The highest BCUT2D eigenvalue weighted by atomic mass is 32.2. The van der Waals surface area contributed by atoms with E-state index in [-0.39, 0.29) is 17.6 Å². The van der Waals surface area contributed by atoms with Crippen molar-refractivity contribution in [2.45, 2.75) is 17.7 Å². The molecule has 2 heterocycles. The van der Waals surface area contributed by atoms with Crippen LogP contribution in [0.5, 0.6) is 0 Å². The van der Waals surface area contributed by atoms with E-state index in [0.717, 1.165) is 28.7 Å². The van der Waals surface area contributed by atoms with Crippen molar-refractivity contribution in [2.24, 2.45) is 5.92 Å². The summed E-state index contributed by atoms with van der Waals surface area (Å²) in [6, 6.07) is 17.1. The molecule has 4 rings (SSSR count). The molecule has 27 heavy (non-hydrogen) atoms. The van der Waals surface area contributed by atoms with E-state index in [2.05, 4.69) is 0 Å². The third-order valence-corrected chi connectivity index (χ3v) is 5.83. The van der Waals surface area contributed by atoms with Crippen molar-refractivity contribution in [1.29, 1.82) is 0 Å². The zero-order valence-corrected chi connectivity index (χ0v) is 16.0. The van der Waals surface area contributed by atoms with Crippen LogP contribution in [-0.4, -0.2) is 35.9 Å². The Hall–Kier alpha value is -2.53. The van der Waals surface area contributed by atoms with E-state index in [9.17, 15) is 9.59 Å². The number of carbonyl (C=O) groups excluding carboxylic acids is 2. The number of nitrogens with zero attached hydrogens (tertiary/aromatic N) is 1. The Labute approximate surface area is 162 Å². The lowest BCUT2D eigenvalue weighted by Crippen LogP contribution is -2.42. The number of Topliss-reactive ketones (excluding diaryl/α,β-unsaturated/α-hetero) is 1. The summed E-state index contributed by atoms with van der Waals surface area (Å²) < 4.78 is 5.71. The molecule has 1 atom stereocenters. The molecule has 0 N–H and O–H groups in total. The van der Waals surface area contributed by atoms with Crippen molar-refractivity contribution in [3.05, 3.63) is 65.9 Å². The van der Waals surface area contributed by atoms with Crippen molar-refractivity contribution in [1.82, 2.24) is 4.90 Å². The number of para-hydroxylation sites is 1. The lowest BCUT2D eigenvalue weighted by molar-refractivity contribution is 0.0612. The minimum atomic E-state index is -0.160. The number of amides is 1. The molecule has 0 spiro atoms. The van der Waals surface area contributed by atoms with Gasteiger partial charge in [0.05, 0.1) is 0 Å². The van der Waals surface area contributed by atoms with Gasteiger partial charge in [0.15, 0.2) is 11.5 Å². The van der Waals surface area contributed by atoms with E-state index in [1.54, 1.807) is 22.7 Å². The molecule has 0 saturated carbocycles. The fourth-order valence-corrected chi connectivity index (χ4v) is 4.02. The lowest BCUT2D eigenvalue weighted by atomic mass is 9.90. The predicted molar refractivity (Wildman–Crippen MR) is 107 cm³/mol. The van der Waals surface area contributed by atoms with Crippen LogP contribution < -0.4 is 0 Å². The van der Waals surface area contributed by atoms with Crippen molar-refractivity contribution in [2.75, 3.05) is 19.3 Å². The molecule has 0 radical (unpaired) electrons. The summed E-state index contributed by atoms with van der Waals surface area (Å²) in [5.74, 6) is 0.159. The summed E-state index contributed by atoms with van der Waals surface area (Å²) in [5, 5.41) is 0.916. The molecular weight excluding hydrogens is 358 g/mol. The predicted octanol–water partition coefficient (Wildman–Crippen LogP) is 4.89. The highest BCUT2D eigenvalue weighted by Crippen LogP contribution is 2.25. The quantitative estimate of drug-likeness (QED) is 0.478. The summed E-state index contributed by atoms with van der Waals surface area (Å²) >= 11 is 1.65. The number of likely N-dealkylation sites (tertiary alicyclic amines) is 1. The molecule has 1 amide bonds. The number of thioether (sulfide) groups is 1. The average molecular weight is 379 g/mol. The monoisotopic (exact) mass is 379 g/mol. The zero-order chi connectivity index (χ0) is 18.8. The SMILES string of the molecule is CSc1ccc(C(=O)[C@@H]2CCCN(C(=O)c3cc4ccccc4o3)C2)cc1. The van der Waals surface area contributed by atoms with Crippen molar-refractivity contribution < 1.29 is 14.0 Å². The molecule has 2 aromatic carbocycles. The Balaban J connectivity index is 1.49. The van der Waals surface area contributed by atoms with E-state index in [1.807, 2.05) is 54.8 Å². The number of fused-ring (bicyclic) bond motifs is 1. The number of piperidine rings is 1. The van der Waals surface area contributed by atoms with E-state index < -0.39 is 0 Å². The lowest BCUT2D eigenvalue weighted by Gasteiger charge is -2.31. The van der Waals surface area contributed by atoms with Crippen LogP contribution in [0.4, 0.5) is 0 Å². The van der Waals surface area contributed by atoms with Gasteiger partial charge in [-0.05, 0) is 43.4 Å². The van der Waals surface area contributed by atoms with Crippen LogP contribution >= 0.6 is 11.8 Å². The summed E-state index contributed by atoms with van der Waals surface area (Å²) in [6.45, 7) is 1.10. The second kappa shape index (κ2) is 7.61. The first kappa shape index (κ1) is 17.9. The van der Waals surface area contributed by atoms with Gasteiger partial charge in [-0.25, -0.2) is 0 Å². The molecule has 3 aromatic rings. The minimum absolute atomic E-state index is 0.116. The van der Waals surface area contributed by atoms with Crippen LogP contribution in [0.3, 0.4) is 0 Å². The summed E-state index contributed by atoms with van der Waals surface area (Å²) in [5.41, 5.74) is 1.43. The van der Waals surface area contributed by atoms with Crippen LogP contribution in [0.25, 0.3) is 11.0 Å². The molecule has 1 aliphatic rings. The summed E-state index contributed by atoms with van der Waals surface area (Å²) in [7, 11) is 0. The highest BCUT2D eigenvalue weighted by molar-refractivity contribution is 7.98. The maximum absolute atomic E-state index is 12.9. The van der Waals surface area contributed by atoms with E-state index in [1.165, 1.54) is 0 Å². The minimum Gasteiger partial charge on any atom is -0.451 e. The van der Waals surface area contributed by atoms with Crippen LogP contribution in [0.15, 0.2) is 63.9 Å². The van der Waals surface area contributed by atoms with Gasteiger partial charge in [-0.3, -0.25) is 9.59 Å². The molecule has 4 nitrogen and oxygen atoms in total. The van der Waals surface area contributed by atoms with E-state index in [4.69, 9.17) is 4.42 Å². The van der Waals surface area contributed by atoms with Gasteiger partial charge in [0, 0.05) is 34.9 Å². The molecule has 138 valence electrons. The van der Waals surface area contributed by atoms with E-state index in [0.29, 0.717) is 24.4 Å². The Morgan fingerprint density at radius 3 is 2.63 bits per heavy atom. The standard InChI is InChI=1S/C22H21NO3S/c1-27-18-10-8-15(9-11-18)21(24)17-6-4-12-23(14-17)22(25)20-13-16-5-2-3-7-19(16)26-20/h2-3,5,7-11,13,17H,4,6,12,14H2,1H3/t17-/m1/s1. The number of ketones is 1. The number of furan rings is 1. The van der Waals surface area contributed by atoms with Crippen LogP contribution in [0.2, 0.25) is 0 Å². The smallest absolute Gasteiger partial charge is 0.289 e. The number of benzene rings is 2. The second-order valence-electron chi connectivity index (χ2n) is 6.83. The Morgan fingerprint density at radius 2 is 1.89 bits per heavy atom. The molecule has 1 fully saturated rings. The molecule has 5 heteroatoms. The number of hydrogen-bond acceptors (Lipinski definition) is 4. The van der Waals surface area contributed by atoms with Crippen LogP contribution in [-0.2, 0) is 0 Å². The maximum Gasteiger partial charge on any atom is 0.289 e. The van der Waals surface area contributed by atoms with Gasteiger partial charge in [0.1, 0.15) is 5.58 Å². The molecule has 1 saturated heterocycles.